The zero-order valence-corrected chi connectivity index (χ0v) is 17.7. The van der Waals surface area contributed by atoms with E-state index in [-0.39, 0.29) is 18.8 Å². The van der Waals surface area contributed by atoms with Crippen molar-refractivity contribution in [1.29, 1.82) is 0 Å². The molecule has 0 rings (SSSR count). The highest BCUT2D eigenvalue weighted by Crippen LogP contribution is 2.08. The Kier molecular flexibility index (Phi) is 11.6. The van der Waals surface area contributed by atoms with Crippen LogP contribution in [0.25, 0.3) is 0 Å². The number of nitrogens with two attached hydrogens (primary N) is 2. The number of nitrogens with one attached hydrogen (secondary N) is 3. The van der Waals surface area contributed by atoms with Crippen molar-refractivity contribution in [3.8, 4) is 0 Å². The van der Waals surface area contributed by atoms with Crippen molar-refractivity contribution in [2.75, 3.05) is 6.61 Å². The zero-order valence-electron chi connectivity index (χ0n) is 17.7. The highest BCUT2D eigenvalue weighted by atomic mass is 16.4. The van der Waals surface area contributed by atoms with E-state index in [0.29, 0.717) is 0 Å². The van der Waals surface area contributed by atoms with Gasteiger partial charge in [0, 0.05) is 6.42 Å². The van der Waals surface area contributed by atoms with Crippen LogP contribution < -0.4 is 27.4 Å². The molecule has 0 aromatic carbocycles. The van der Waals surface area contributed by atoms with Crippen LogP contribution in [0.2, 0.25) is 0 Å². The molecule has 4 unspecified atom stereocenters. The summed E-state index contributed by atoms with van der Waals surface area (Å²) < 4.78 is 0. The maximum atomic E-state index is 12.7. The van der Waals surface area contributed by atoms with Gasteiger partial charge >= 0.3 is 5.97 Å². The summed E-state index contributed by atoms with van der Waals surface area (Å²) in [6, 6.07) is -4.69. The molecular weight excluding hydrogens is 398 g/mol. The molecule has 0 fully saturated rings. The lowest BCUT2D eigenvalue weighted by Gasteiger charge is -2.28. The fourth-order valence-corrected chi connectivity index (χ4v) is 2.45. The van der Waals surface area contributed by atoms with Crippen molar-refractivity contribution in [3.05, 3.63) is 0 Å². The van der Waals surface area contributed by atoms with Crippen molar-refractivity contribution in [1.82, 2.24) is 16.0 Å². The quantitative estimate of drug-likeness (QED) is 0.164. The van der Waals surface area contributed by atoms with Crippen LogP contribution in [-0.4, -0.2) is 70.6 Å². The molecule has 0 saturated heterocycles. The summed E-state index contributed by atoms with van der Waals surface area (Å²) in [5.41, 5.74) is 10.7. The second kappa shape index (κ2) is 12.8. The first kappa shape index (κ1) is 27.3. The number of carbonyl (C=O) groups is 5. The summed E-state index contributed by atoms with van der Waals surface area (Å²) in [4.78, 5) is 59.2. The molecule has 0 spiro atoms. The molecule has 4 atom stereocenters. The van der Waals surface area contributed by atoms with E-state index in [2.05, 4.69) is 16.0 Å². The van der Waals surface area contributed by atoms with Crippen LogP contribution in [0.5, 0.6) is 0 Å². The molecule has 0 bridgehead atoms. The van der Waals surface area contributed by atoms with Gasteiger partial charge in [-0.25, -0.2) is 4.79 Å². The molecule has 0 aromatic heterocycles. The Morgan fingerprint density at radius 3 is 1.63 bits per heavy atom. The van der Waals surface area contributed by atoms with Crippen LogP contribution in [0.15, 0.2) is 0 Å². The van der Waals surface area contributed by atoms with E-state index >= 15 is 0 Å². The van der Waals surface area contributed by atoms with Gasteiger partial charge in [-0.3, -0.25) is 19.2 Å². The van der Waals surface area contributed by atoms with Crippen molar-refractivity contribution in [2.45, 2.75) is 64.7 Å². The number of amides is 4. The summed E-state index contributed by atoms with van der Waals surface area (Å²) in [7, 11) is 0. The summed E-state index contributed by atoms with van der Waals surface area (Å²) in [5, 5.41) is 25.2. The third-order valence-corrected chi connectivity index (χ3v) is 4.33. The first-order chi connectivity index (χ1) is 13.8. The number of primary amides is 1. The largest absolute Gasteiger partial charge is 0.480 e. The molecule has 0 aromatic rings. The summed E-state index contributed by atoms with van der Waals surface area (Å²) >= 11 is 0. The third kappa shape index (κ3) is 9.18. The molecule has 9 N–H and O–H groups in total. The molecule has 0 aliphatic rings. The number of hydrogen-bond acceptors (Lipinski definition) is 7. The van der Waals surface area contributed by atoms with Crippen molar-refractivity contribution in [3.63, 3.8) is 0 Å². The molecule has 0 aliphatic heterocycles. The van der Waals surface area contributed by atoms with Gasteiger partial charge in [-0.15, -0.1) is 0 Å². The smallest absolute Gasteiger partial charge is 0.328 e. The Morgan fingerprint density at radius 1 is 0.833 bits per heavy atom. The maximum Gasteiger partial charge on any atom is 0.328 e. The average Bonchev–Trinajstić information content (AvgIpc) is 2.64. The fourth-order valence-electron chi connectivity index (χ4n) is 2.45. The normalized spacial score (nSPS) is 15.1. The lowest BCUT2D eigenvalue weighted by molar-refractivity contribution is -0.143. The number of hydrogen-bond donors (Lipinski definition) is 7. The molecule has 172 valence electrons. The highest BCUT2D eigenvalue weighted by Gasteiger charge is 2.32. The first-order valence-electron chi connectivity index (χ1n) is 9.60. The van der Waals surface area contributed by atoms with E-state index in [0.717, 1.165) is 0 Å². The minimum Gasteiger partial charge on any atom is -0.480 e. The molecule has 12 nitrogen and oxygen atoms in total. The fraction of sp³-hybridized carbons (Fsp3) is 0.722. The number of carbonyl (C=O) groups excluding carboxylic acids is 4. The number of aliphatic carboxylic acids is 1. The van der Waals surface area contributed by atoms with E-state index in [9.17, 15) is 24.0 Å². The molecular formula is C18H33N5O7. The van der Waals surface area contributed by atoms with Gasteiger partial charge in [-0.05, 0) is 18.3 Å². The van der Waals surface area contributed by atoms with E-state index in [4.69, 9.17) is 21.7 Å². The minimum atomic E-state index is -1.51. The molecule has 12 heteroatoms. The Hall–Kier alpha value is -2.73. The van der Waals surface area contributed by atoms with Gasteiger partial charge in [0.25, 0.3) is 0 Å². The Bertz CT molecular complexity index is 638. The van der Waals surface area contributed by atoms with Gasteiger partial charge in [0.1, 0.15) is 18.1 Å². The Labute approximate surface area is 175 Å². The standard InChI is InChI=1S/C18H33N5O7/c1-8(2)13(16(27)21-11(7-24)18(29)30)23-17(28)14(9(3)4)22-15(26)10(19)5-6-12(20)25/h8-11,13-14,24H,5-7,19H2,1-4H3,(H2,20,25)(H,21,27)(H,22,26)(H,23,28)(H,29,30). The Balaban J connectivity index is 5.23. The average molecular weight is 431 g/mol. The second-order valence-corrected chi connectivity index (χ2v) is 7.65. The van der Waals surface area contributed by atoms with Crippen LogP contribution in [0, 0.1) is 11.8 Å². The van der Waals surface area contributed by atoms with Gasteiger partial charge in [0.2, 0.25) is 23.6 Å². The molecule has 0 saturated carbocycles. The first-order valence-corrected chi connectivity index (χ1v) is 9.60. The van der Waals surface area contributed by atoms with Gasteiger partial charge < -0.3 is 37.6 Å². The van der Waals surface area contributed by atoms with Gasteiger partial charge in [0.05, 0.1) is 12.6 Å². The SMILES string of the molecule is CC(C)C(NC(=O)C(N)CCC(N)=O)C(=O)NC(C(=O)NC(CO)C(=O)O)C(C)C. The third-order valence-electron chi connectivity index (χ3n) is 4.33. The van der Waals surface area contributed by atoms with Crippen LogP contribution >= 0.6 is 0 Å². The molecule has 30 heavy (non-hydrogen) atoms. The predicted octanol–water partition coefficient (Wildman–Crippen LogP) is -2.58. The van der Waals surface area contributed by atoms with Crippen molar-refractivity contribution >= 4 is 29.6 Å². The minimum absolute atomic E-state index is 0.0162. The van der Waals surface area contributed by atoms with E-state index in [1.54, 1.807) is 27.7 Å². The number of carboxylic acids is 1. The summed E-state index contributed by atoms with van der Waals surface area (Å²) in [6.07, 6.45) is -0.0688. The van der Waals surface area contributed by atoms with Crippen molar-refractivity contribution < 1.29 is 34.2 Å². The van der Waals surface area contributed by atoms with Crippen molar-refractivity contribution in [2.24, 2.45) is 23.3 Å². The number of aliphatic hydroxyl groups is 1. The topological polar surface area (TPSA) is 214 Å². The second-order valence-electron chi connectivity index (χ2n) is 7.65. The lowest BCUT2D eigenvalue weighted by atomic mass is 9.99. The van der Waals surface area contributed by atoms with E-state index in [1.165, 1.54) is 0 Å². The highest BCUT2D eigenvalue weighted by molar-refractivity contribution is 5.94. The van der Waals surface area contributed by atoms with E-state index in [1.807, 2.05) is 0 Å². The number of carboxylic acid groups (broad SMARTS) is 1. The molecule has 0 heterocycles. The van der Waals surface area contributed by atoms with Crippen LogP contribution in [0.4, 0.5) is 0 Å². The number of rotatable bonds is 13. The monoisotopic (exact) mass is 431 g/mol. The molecule has 4 amide bonds. The van der Waals surface area contributed by atoms with Gasteiger partial charge in [-0.1, -0.05) is 27.7 Å². The van der Waals surface area contributed by atoms with Gasteiger partial charge in [0.15, 0.2) is 0 Å². The van der Waals surface area contributed by atoms with E-state index < -0.39 is 66.3 Å². The number of aliphatic hydroxyl groups excluding tert-OH is 1. The van der Waals surface area contributed by atoms with Crippen LogP contribution in [0.3, 0.4) is 0 Å². The zero-order chi connectivity index (χ0) is 23.6. The summed E-state index contributed by atoms with van der Waals surface area (Å²) in [5.74, 6) is -4.90. The Morgan fingerprint density at radius 2 is 1.27 bits per heavy atom. The van der Waals surface area contributed by atoms with Crippen LogP contribution in [0.1, 0.15) is 40.5 Å². The molecule has 0 radical (unpaired) electrons. The predicted molar refractivity (Wildman–Crippen MR) is 107 cm³/mol. The lowest BCUT2D eigenvalue weighted by Crippen LogP contribution is -2.59. The summed E-state index contributed by atoms with van der Waals surface area (Å²) in [6.45, 7) is 5.82. The maximum absolute atomic E-state index is 12.7. The van der Waals surface area contributed by atoms with Gasteiger partial charge in [-0.2, -0.15) is 0 Å². The molecule has 0 aliphatic carbocycles. The van der Waals surface area contributed by atoms with Crippen LogP contribution in [-0.2, 0) is 24.0 Å².